The zero-order chi connectivity index (χ0) is 15.9. The fraction of sp³-hybridized carbons (Fsp3) is 0.353. The summed E-state index contributed by atoms with van der Waals surface area (Å²) in [7, 11) is 3.27. The van der Waals surface area contributed by atoms with Crippen LogP contribution in [0.15, 0.2) is 29.6 Å². The van der Waals surface area contributed by atoms with Gasteiger partial charge in [-0.3, -0.25) is 4.79 Å². The van der Waals surface area contributed by atoms with Gasteiger partial charge in [-0.1, -0.05) is 6.07 Å². The van der Waals surface area contributed by atoms with Crippen LogP contribution >= 0.6 is 11.3 Å². The average molecular weight is 319 g/mol. The van der Waals surface area contributed by atoms with Crippen LogP contribution in [0.1, 0.15) is 22.4 Å². The van der Waals surface area contributed by atoms with Crippen molar-refractivity contribution in [3.63, 3.8) is 0 Å². The van der Waals surface area contributed by atoms with Gasteiger partial charge in [-0.2, -0.15) is 0 Å². The summed E-state index contributed by atoms with van der Waals surface area (Å²) in [4.78, 5) is 13.2. The van der Waals surface area contributed by atoms with Crippen LogP contribution in [-0.2, 0) is 17.8 Å². The summed E-state index contributed by atoms with van der Waals surface area (Å²) in [5, 5.41) is 4.96. The first-order chi connectivity index (χ1) is 10.6. The number of methoxy groups -OCH3 is 2. The van der Waals surface area contributed by atoms with Crippen molar-refractivity contribution in [2.45, 2.75) is 26.3 Å². The van der Waals surface area contributed by atoms with Gasteiger partial charge < -0.3 is 14.8 Å². The van der Waals surface area contributed by atoms with Crippen molar-refractivity contribution in [1.82, 2.24) is 5.32 Å². The molecule has 1 aromatic carbocycles. The molecule has 0 aliphatic heterocycles. The highest BCUT2D eigenvalue weighted by atomic mass is 32.1. The molecule has 1 amide bonds. The van der Waals surface area contributed by atoms with Crippen LogP contribution in [0.5, 0.6) is 11.5 Å². The second kappa shape index (κ2) is 7.84. The van der Waals surface area contributed by atoms with E-state index in [1.165, 1.54) is 4.88 Å². The fourth-order valence-corrected chi connectivity index (χ4v) is 2.93. The Morgan fingerprint density at radius 1 is 1.23 bits per heavy atom. The molecular formula is C17H21NO3S. The molecule has 0 aliphatic rings. The van der Waals surface area contributed by atoms with Gasteiger partial charge in [0.25, 0.3) is 0 Å². The minimum atomic E-state index is 0.0370. The quantitative estimate of drug-likeness (QED) is 0.851. The summed E-state index contributed by atoms with van der Waals surface area (Å²) in [5.41, 5.74) is 1.92. The first-order valence-electron chi connectivity index (χ1n) is 7.14. The molecule has 0 radical (unpaired) electrons. The standard InChI is InChI=1S/C17H21NO3S/c1-12-9-16(21-3)13(10-15(12)20-2)11-18-17(19)7-6-14-5-4-8-22-14/h4-5,8-10H,6-7,11H2,1-3H3,(H,18,19). The van der Waals surface area contributed by atoms with Crippen molar-refractivity contribution < 1.29 is 14.3 Å². The van der Waals surface area contributed by atoms with Gasteiger partial charge in [0.2, 0.25) is 5.91 Å². The zero-order valence-electron chi connectivity index (χ0n) is 13.1. The molecule has 0 spiro atoms. The number of aryl methyl sites for hydroxylation is 2. The van der Waals surface area contributed by atoms with Crippen molar-refractivity contribution in [2.24, 2.45) is 0 Å². The molecule has 1 heterocycles. The summed E-state index contributed by atoms with van der Waals surface area (Å²) in [5.74, 6) is 1.59. The van der Waals surface area contributed by atoms with Gasteiger partial charge in [-0.15, -0.1) is 11.3 Å². The monoisotopic (exact) mass is 319 g/mol. The highest BCUT2D eigenvalue weighted by Gasteiger charge is 2.10. The third kappa shape index (κ3) is 4.24. The maximum atomic E-state index is 12.0. The van der Waals surface area contributed by atoms with Crippen molar-refractivity contribution in [2.75, 3.05) is 14.2 Å². The van der Waals surface area contributed by atoms with Gasteiger partial charge >= 0.3 is 0 Å². The average Bonchev–Trinajstić information content (AvgIpc) is 3.04. The van der Waals surface area contributed by atoms with Gasteiger partial charge in [0, 0.05) is 23.4 Å². The second-order valence-electron chi connectivity index (χ2n) is 4.99. The number of benzene rings is 1. The number of ether oxygens (including phenoxy) is 2. The van der Waals surface area contributed by atoms with Gasteiger partial charge in [0.1, 0.15) is 11.5 Å². The van der Waals surface area contributed by atoms with Crippen LogP contribution in [0.2, 0.25) is 0 Å². The Morgan fingerprint density at radius 3 is 2.64 bits per heavy atom. The minimum Gasteiger partial charge on any atom is -0.496 e. The van der Waals surface area contributed by atoms with E-state index in [1.807, 2.05) is 36.6 Å². The number of hydrogen-bond acceptors (Lipinski definition) is 4. The molecule has 0 saturated heterocycles. The number of amides is 1. The lowest BCUT2D eigenvalue weighted by Gasteiger charge is -2.13. The van der Waals surface area contributed by atoms with Crippen LogP contribution in [0.3, 0.4) is 0 Å². The predicted molar refractivity (Wildman–Crippen MR) is 88.8 cm³/mol. The van der Waals surface area contributed by atoms with E-state index in [0.29, 0.717) is 13.0 Å². The predicted octanol–water partition coefficient (Wildman–Crippen LogP) is 3.32. The number of thiophene rings is 1. The lowest BCUT2D eigenvalue weighted by Crippen LogP contribution is -2.23. The van der Waals surface area contributed by atoms with Crippen molar-refractivity contribution in [1.29, 1.82) is 0 Å². The summed E-state index contributed by atoms with van der Waals surface area (Å²) in [6.45, 7) is 2.40. The molecule has 2 aromatic rings. The molecule has 4 nitrogen and oxygen atoms in total. The number of nitrogens with one attached hydrogen (secondary N) is 1. The Kier molecular flexibility index (Phi) is 5.83. The Morgan fingerprint density at radius 2 is 2.00 bits per heavy atom. The van der Waals surface area contributed by atoms with Crippen molar-refractivity contribution in [3.8, 4) is 11.5 Å². The molecule has 0 unspecified atom stereocenters. The van der Waals surface area contributed by atoms with Crippen LogP contribution in [-0.4, -0.2) is 20.1 Å². The number of rotatable bonds is 7. The highest BCUT2D eigenvalue weighted by molar-refractivity contribution is 7.09. The van der Waals surface area contributed by atoms with E-state index >= 15 is 0 Å². The Labute approximate surface area is 135 Å². The molecule has 0 fully saturated rings. The molecule has 118 valence electrons. The van der Waals surface area contributed by atoms with Crippen LogP contribution in [0.4, 0.5) is 0 Å². The first-order valence-corrected chi connectivity index (χ1v) is 8.02. The second-order valence-corrected chi connectivity index (χ2v) is 6.02. The van der Waals surface area contributed by atoms with E-state index in [1.54, 1.807) is 25.6 Å². The van der Waals surface area contributed by atoms with E-state index < -0.39 is 0 Å². The molecule has 0 bridgehead atoms. The zero-order valence-corrected chi connectivity index (χ0v) is 14.0. The van der Waals surface area contributed by atoms with E-state index in [9.17, 15) is 4.79 Å². The summed E-state index contributed by atoms with van der Waals surface area (Å²) < 4.78 is 10.7. The fourth-order valence-electron chi connectivity index (χ4n) is 2.23. The molecular weight excluding hydrogens is 298 g/mol. The van der Waals surface area contributed by atoms with E-state index in [-0.39, 0.29) is 5.91 Å². The van der Waals surface area contributed by atoms with E-state index in [2.05, 4.69) is 5.32 Å². The SMILES string of the molecule is COc1cc(CNC(=O)CCc2cccs2)c(OC)cc1C. The molecule has 0 atom stereocenters. The molecule has 1 N–H and O–H groups in total. The Bertz CT molecular complexity index is 623. The van der Waals surface area contributed by atoms with Gasteiger partial charge in [0.15, 0.2) is 0 Å². The Balaban J connectivity index is 1.93. The highest BCUT2D eigenvalue weighted by Crippen LogP contribution is 2.28. The van der Waals surface area contributed by atoms with E-state index in [4.69, 9.17) is 9.47 Å². The summed E-state index contributed by atoms with van der Waals surface area (Å²) in [6, 6.07) is 7.88. The molecule has 0 aliphatic carbocycles. The summed E-state index contributed by atoms with van der Waals surface area (Å²) >= 11 is 1.68. The number of carbonyl (C=O) groups is 1. The number of carbonyl (C=O) groups excluding carboxylic acids is 1. The maximum absolute atomic E-state index is 12.0. The smallest absolute Gasteiger partial charge is 0.220 e. The molecule has 2 rings (SSSR count). The maximum Gasteiger partial charge on any atom is 0.220 e. The van der Waals surface area contributed by atoms with Gasteiger partial charge in [0.05, 0.1) is 14.2 Å². The third-order valence-corrected chi connectivity index (χ3v) is 4.39. The van der Waals surface area contributed by atoms with Gasteiger partial charge in [-0.05, 0) is 42.5 Å². The first kappa shape index (κ1) is 16.4. The van der Waals surface area contributed by atoms with Crippen molar-refractivity contribution in [3.05, 3.63) is 45.6 Å². The van der Waals surface area contributed by atoms with Crippen LogP contribution < -0.4 is 14.8 Å². The van der Waals surface area contributed by atoms with E-state index in [0.717, 1.165) is 29.0 Å². The van der Waals surface area contributed by atoms with Gasteiger partial charge in [-0.25, -0.2) is 0 Å². The summed E-state index contributed by atoms with van der Waals surface area (Å²) in [6.07, 6.45) is 1.27. The topological polar surface area (TPSA) is 47.6 Å². The van der Waals surface area contributed by atoms with Crippen LogP contribution in [0, 0.1) is 6.92 Å². The minimum absolute atomic E-state index is 0.0370. The normalized spacial score (nSPS) is 10.3. The molecule has 5 heteroatoms. The van der Waals surface area contributed by atoms with Crippen LogP contribution in [0.25, 0.3) is 0 Å². The molecule has 22 heavy (non-hydrogen) atoms. The van der Waals surface area contributed by atoms with Crippen molar-refractivity contribution >= 4 is 17.2 Å². The lowest BCUT2D eigenvalue weighted by atomic mass is 10.1. The number of hydrogen-bond donors (Lipinski definition) is 1. The molecule has 1 aromatic heterocycles. The third-order valence-electron chi connectivity index (χ3n) is 3.45. The lowest BCUT2D eigenvalue weighted by molar-refractivity contribution is -0.121. The molecule has 0 saturated carbocycles. The largest absolute Gasteiger partial charge is 0.496 e. The Hall–Kier alpha value is -2.01.